The monoisotopic (exact) mass is 383 g/mol. The first kappa shape index (κ1) is 16.6. The molecular weight excluding hydrogens is 374 g/mol. The van der Waals surface area contributed by atoms with E-state index in [0.29, 0.717) is 16.3 Å². The van der Waals surface area contributed by atoms with Crippen molar-refractivity contribution in [1.82, 2.24) is 0 Å². The van der Waals surface area contributed by atoms with Gasteiger partial charge in [0.25, 0.3) is 11.1 Å². The van der Waals surface area contributed by atoms with E-state index in [2.05, 4.69) is 0 Å². The lowest BCUT2D eigenvalue weighted by Crippen LogP contribution is -2.27. The molecule has 1 aromatic heterocycles. The van der Waals surface area contributed by atoms with E-state index in [4.69, 9.17) is 16.0 Å². The first-order valence-corrected chi connectivity index (χ1v) is 8.79. The van der Waals surface area contributed by atoms with Crippen molar-refractivity contribution in [2.24, 2.45) is 0 Å². The number of hydrogen-bond donors (Lipinski definition) is 0. The number of benzene rings is 2. The fraction of sp³-hybridized carbons (Fsp3) is 0. The Kier molecular flexibility index (Phi) is 4.14. The average molecular weight is 384 g/mol. The number of anilines is 1. The quantitative estimate of drug-likeness (QED) is 0.474. The SMILES string of the molecule is O=C1S/C(=C\c2cc3ccccc3oc2=O)C(=O)N1c1cccc(Cl)c1. The summed E-state index contributed by atoms with van der Waals surface area (Å²) in [6.45, 7) is 0. The summed E-state index contributed by atoms with van der Waals surface area (Å²) < 4.78 is 5.26. The van der Waals surface area contributed by atoms with Crippen molar-refractivity contribution in [2.45, 2.75) is 0 Å². The van der Waals surface area contributed by atoms with Gasteiger partial charge < -0.3 is 4.42 Å². The lowest BCUT2D eigenvalue weighted by atomic mass is 10.1. The number of halogens is 1. The van der Waals surface area contributed by atoms with Crippen LogP contribution >= 0.6 is 23.4 Å². The van der Waals surface area contributed by atoms with Gasteiger partial charge in [-0.05, 0) is 48.2 Å². The Hall–Kier alpha value is -2.83. The minimum atomic E-state index is -0.571. The number of carbonyl (C=O) groups is 2. The molecular formula is C19H10ClNO4S. The van der Waals surface area contributed by atoms with E-state index in [1.807, 2.05) is 6.07 Å². The van der Waals surface area contributed by atoms with Crippen molar-refractivity contribution < 1.29 is 14.0 Å². The molecule has 1 fully saturated rings. The summed E-state index contributed by atoms with van der Waals surface area (Å²) in [6.07, 6.45) is 1.38. The molecule has 0 aliphatic carbocycles. The van der Waals surface area contributed by atoms with E-state index in [9.17, 15) is 14.4 Å². The Labute approximate surface area is 156 Å². The molecule has 1 aliphatic heterocycles. The van der Waals surface area contributed by atoms with Crippen LogP contribution in [0.3, 0.4) is 0 Å². The third-order valence-electron chi connectivity index (χ3n) is 3.82. The number of carbonyl (C=O) groups excluding carboxylic acids is 2. The minimum absolute atomic E-state index is 0.151. The van der Waals surface area contributed by atoms with Crippen molar-refractivity contribution in [3.8, 4) is 0 Å². The zero-order valence-electron chi connectivity index (χ0n) is 13.1. The van der Waals surface area contributed by atoms with E-state index in [-0.39, 0.29) is 10.5 Å². The molecule has 7 heteroatoms. The molecule has 0 spiro atoms. The standard InChI is InChI=1S/C19H10ClNO4S/c20-13-5-3-6-14(10-13)21-17(22)16(26-19(21)24)9-12-8-11-4-1-2-7-15(11)25-18(12)23/h1-10H/b16-9-. The van der Waals surface area contributed by atoms with E-state index in [1.165, 1.54) is 12.1 Å². The molecule has 0 N–H and O–H groups in total. The minimum Gasteiger partial charge on any atom is -0.422 e. The maximum Gasteiger partial charge on any atom is 0.343 e. The van der Waals surface area contributed by atoms with Gasteiger partial charge in [0.15, 0.2) is 0 Å². The van der Waals surface area contributed by atoms with Crippen LogP contribution in [0.5, 0.6) is 0 Å². The normalized spacial score (nSPS) is 16.0. The molecule has 0 saturated carbocycles. The third-order valence-corrected chi connectivity index (χ3v) is 4.92. The summed E-state index contributed by atoms with van der Waals surface area (Å²) in [5, 5.41) is 0.696. The van der Waals surface area contributed by atoms with Gasteiger partial charge in [-0.1, -0.05) is 35.9 Å². The summed E-state index contributed by atoms with van der Waals surface area (Å²) in [7, 11) is 0. The van der Waals surface area contributed by atoms with Gasteiger partial charge in [-0.2, -0.15) is 0 Å². The second-order valence-corrected chi connectivity index (χ2v) is 6.95. The molecule has 3 aromatic rings. The van der Waals surface area contributed by atoms with Crippen LogP contribution < -0.4 is 10.5 Å². The molecule has 0 unspecified atom stereocenters. The highest BCUT2D eigenvalue weighted by molar-refractivity contribution is 8.19. The topological polar surface area (TPSA) is 67.6 Å². The van der Waals surface area contributed by atoms with Gasteiger partial charge in [0.2, 0.25) is 0 Å². The first-order chi connectivity index (χ1) is 12.5. The Morgan fingerprint density at radius 2 is 1.81 bits per heavy atom. The number of thioether (sulfide) groups is 1. The number of hydrogen-bond acceptors (Lipinski definition) is 5. The summed E-state index contributed by atoms with van der Waals surface area (Å²) in [5.41, 5.74) is 0.481. The van der Waals surface area contributed by atoms with Crippen LogP contribution in [0.2, 0.25) is 5.02 Å². The smallest absolute Gasteiger partial charge is 0.343 e. The van der Waals surface area contributed by atoms with Crippen LogP contribution in [0.1, 0.15) is 5.56 Å². The lowest BCUT2D eigenvalue weighted by Gasteiger charge is -2.12. The Balaban J connectivity index is 1.75. The highest BCUT2D eigenvalue weighted by Crippen LogP contribution is 2.36. The Morgan fingerprint density at radius 3 is 2.62 bits per heavy atom. The zero-order valence-corrected chi connectivity index (χ0v) is 14.7. The van der Waals surface area contributed by atoms with E-state index in [0.717, 1.165) is 22.0 Å². The molecule has 2 amide bonds. The van der Waals surface area contributed by atoms with E-state index >= 15 is 0 Å². The van der Waals surface area contributed by atoms with E-state index < -0.39 is 16.8 Å². The molecule has 5 nitrogen and oxygen atoms in total. The molecule has 1 aliphatic rings. The molecule has 0 radical (unpaired) electrons. The summed E-state index contributed by atoms with van der Waals surface area (Å²) >= 11 is 6.70. The van der Waals surface area contributed by atoms with Gasteiger partial charge in [-0.15, -0.1) is 0 Å². The van der Waals surface area contributed by atoms with Crippen LogP contribution in [0.15, 0.2) is 68.7 Å². The number of amides is 2. The van der Waals surface area contributed by atoms with Gasteiger partial charge in [-0.25, -0.2) is 9.69 Å². The fourth-order valence-electron chi connectivity index (χ4n) is 2.63. The van der Waals surface area contributed by atoms with Crippen molar-refractivity contribution in [1.29, 1.82) is 0 Å². The lowest BCUT2D eigenvalue weighted by molar-refractivity contribution is -0.113. The van der Waals surface area contributed by atoms with Gasteiger partial charge in [0, 0.05) is 10.4 Å². The highest BCUT2D eigenvalue weighted by atomic mass is 35.5. The largest absolute Gasteiger partial charge is 0.422 e. The number of para-hydroxylation sites is 1. The zero-order chi connectivity index (χ0) is 18.3. The predicted molar refractivity (Wildman–Crippen MR) is 102 cm³/mol. The van der Waals surface area contributed by atoms with Gasteiger partial charge >= 0.3 is 5.63 Å². The Morgan fingerprint density at radius 1 is 1.00 bits per heavy atom. The van der Waals surface area contributed by atoms with Crippen LogP contribution in [0, 0.1) is 0 Å². The maximum atomic E-state index is 12.6. The van der Waals surface area contributed by atoms with Crippen LogP contribution in [-0.4, -0.2) is 11.1 Å². The van der Waals surface area contributed by atoms with Crippen LogP contribution in [0.4, 0.5) is 10.5 Å². The molecule has 26 heavy (non-hydrogen) atoms. The van der Waals surface area contributed by atoms with E-state index in [1.54, 1.807) is 42.5 Å². The molecule has 0 bridgehead atoms. The molecule has 128 valence electrons. The molecule has 2 heterocycles. The molecule has 2 aromatic carbocycles. The summed E-state index contributed by atoms with van der Waals surface area (Å²) in [5.74, 6) is -0.505. The van der Waals surface area contributed by atoms with Gasteiger partial charge in [0.1, 0.15) is 5.58 Å². The second kappa shape index (κ2) is 6.48. The predicted octanol–water partition coefficient (Wildman–Crippen LogP) is 4.69. The fourth-order valence-corrected chi connectivity index (χ4v) is 3.64. The third kappa shape index (κ3) is 2.94. The second-order valence-electron chi connectivity index (χ2n) is 5.52. The van der Waals surface area contributed by atoms with Gasteiger partial charge in [-0.3, -0.25) is 9.59 Å². The highest BCUT2D eigenvalue weighted by Gasteiger charge is 2.36. The Bertz CT molecular complexity index is 1150. The van der Waals surface area contributed by atoms with Crippen molar-refractivity contribution >= 4 is 57.2 Å². The first-order valence-electron chi connectivity index (χ1n) is 7.59. The molecule has 4 rings (SSSR count). The maximum absolute atomic E-state index is 12.6. The summed E-state index contributed by atoms with van der Waals surface area (Å²) in [6, 6.07) is 15.2. The van der Waals surface area contributed by atoms with Crippen LogP contribution in [-0.2, 0) is 4.79 Å². The van der Waals surface area contributed by atoms with Crippen molar-refractivity contribution in [2.75, 3.05) is 4.90 Å². The molecule has 1 saturated heterocycles. The summed E-state index contributed by atoms with van der Waals surface area (Å²) in [4.78, 5) is 38.3. The van der Waals surface area contributed by atoms with Crippen LogP contribution in [0.25, 0.3) is 17.0 Å². The number of imide groups is 1. The average Bonchev–Trinajstić information content (AvgIpc) is 2.89. The van der Waals surface area contributed by atoms with Gasteiger partial charge in [0.05, 0.1) is 16.2 Å². The van der Waals surface area contributed by atoms with Crippen molar-refractivity contribution in [3.05, 3.63) is 80.5 Å². The number of rotatable bonds is 2. The molecule has 0 atom stereocenters. The number of fused-ring (bicyclic) bond motifs is 1. The van der Waals surface area contributed by atoms with Crippen molar-refractivity contribution in [3.63, 3.8) is 0 Å². The number of nitrogens with zero attached hydrogens (tertiary/aromatic N) is 1.